The van der Waals surface area contributed by atoms with Crippen molar-refractivity contribution in [2.24, 2.45) is 11.5 Å². The average molecular weight is 417 g/mol. The number of nitrogens with two attached hydrogens (primary N) is 2. The van der Waals surface area contributed by atoms with E-state index in [0.29, 0.717) is 0 Å². The van der Waals surface area contributed by atoms with Crippen molar-refractivity contribution < 1.29 is 43.0 Å². The molecule has 149 valence electrons. The molecule has 8 heteroatoms. The van der Waals surface area contributed by atoms with E-state index in [1.807, 2.05) is 36.4 Å². The van der Waals surface area contributed by atoms with Gasteiger partial charge in [0.15, 0.2) is 0 Å². The van der Waals surface area contributed by atoms with Crippen LogP contribution in [0.2, 0.25) is 0 Å². The van der Waals surface area contributed by atoms with Crippen molar-refractivity contribution in [1.29, 1.82) is 0 Å². The summed E-state index contributed by atoms with van der Waals surface area (Å²) in [6, 6.07) is 16.9. The zero-order valence-corrected chi connectivity index (χ0v) is 15.3. The topological polar surface area (TPSA) is 166 Å². The Bertz CT molecular complexity index is 511. The molecule has 0 saturated heterocycles. The quantitative estimate of drug-likeness (QED) is 0.265. The van der Waals surface area contributed by atoms with Crippen LogP contribution >= 0.6 is 0 Å². The Balaban J connectivity index is 0. The Labute approximate surface area is 164 Å². The van der Waals surface area contributed by atoms with Gasteiger partial charge in [0.05, 0.1) is 37.5 Å². The van der Waals surface area contributed by atoms with Crippen LogP contribution in [0.25, 0.3) is 0 Å². The predicted molar refractivity (Wildman–Crippen MR) is 97.8 cm³/mol. The van der Waals surface area contributed by atoms with Gasteiger partial charge in [-0.3, -0.25) is 0 Å². The van der Waals surface area contributed by atoms with E-state index in [-0.39, 0.29) is 35.8 Å². The molecule has 2 rings (SSSR count). The van der Waals surface area contributed by atoms with Crippen LogP contribution in [0, 0.1) is 0 Å². The van der Waals surface area contributed by atoms with Gasteiger partial charge in [0.2, 0.25) is 0 Å². The first-order valence-electron chi connectivity index (χ1n) is 7.70. The number of hydrogen-bond donors (Lipinski definition) is 6. The molecular weight excluding hydrogens is 388 g/mol. The largest absolute Gasteiger partial charge is 2.00 e. The maximum atomic E-state index is 9.50. The molecule has 0 aliphatic heterocycles. The first-order chi connectivity index (χ1) is 11.5. The van der Waals surface area contributed by atoms with Crippen LogP contribution < -0.4 is 11.5 Å². The zero-order chi connectivity index (χ0) is 17.9. The summed E-state index contributed by atoms with van der Waals surface area (Å²) in [6.07, 6.45) is -1.56. The number of rotatable bonds is 6. The molecule has 4 atom stereocenters. The second-order valence-electron chi connectivity index (χ2n) is 5.40. The van der Waals surface area contributed by atoms with Crippen molar-refractivity contribution in [2.75, 3.05) is 13.2 Å². The Morgan fingerprint density at radius 2 is 0.923 bits per heavy atom. The van der Waals surface area contributed by atoms with E-state index in [4.69, 9.17) is 21.7 Å². The molecule has 0 heterocycles. The molecule has 0 aliphatic rings. The van der Waals surface area contributed by atoms with Gasteiger partial charge in [-0.15, -0.1) is 0 Å². The first-order valence-corrected chi connectivity index (χ1v) is 7.70. The molecule has 26 heavy (non-hydrogen) atoms. The second kappa shape index (κ2) is 14.8. The van der Waals surface area contributed by atoms with Crippen molar-refractivity contribution in [1.82, 2.24) is 0 Å². The van der Waals surface area contributed by atoms with E-state index in [1.54, 1.807) is 24.3 Å². The smallest absolute Gasteiger partial charge is 0.457 e. The molecule has 1 radical (unpaired) electrons. The molecule has 2 aromatic carbocycles. The van der Waals surface area contributed by atoms with Crippen LogP contribution in [0.4, 0.5) is 0 Å². The summed E-state index contributed by atoms with van der Waals surface area (Å²) >= 11 is 0. The van der Waals surface area contributed by atoms with E-state index in [9.17, 15) is 10.2 Å². The van der Waals surface area contributed by atoms with Gasteiger partial charge >= 0.3 is 17.1 Å². The van der Waals surface area contributed by atoms with Crippen molar-refractivity contribution in [3.05, 3.63) is 71.8 Å². The SMILES string of the molecule is NC(CO)C(O)c1ccccc1.NC(CO)C(O)c1ccccc1.[Cu+2].[OH3+]. The minimum atomic E-state index is -0.781. The van der Waals surface area contributed by atoms with Gasteiger partial charge < -0.3 is 37.4 Å². The van der Waals surface area contributed by atoms with Gasteiger partial charge in [-0.1, -0.05) is 60.7 Å². The Kier molecular flexibility index (Phi) is 15.3. The molecular formula is C18H29CuN2O5+3. The maximum Gasteiger partial charge on any atom is 2.00 e. The summed E-state index contributed by atoms with van der Waals surface area (Å²) in [6.45, 7) is -0.424. The number of benzene rings is 2. The van der Waals surface area contributed by atoms with Crippen LogP contribution in [0.5, 0.6) is 0 Å². The van der Waals surface area contributed by atoms with Gasteiger partial charge in [0.1, 0.15) is 0 Å². The monoisotopic (exact) mass is 416 g/mol. The number of hydrogen-bond acceptors (Lipinski definition) is 6. The Morgan fingerprint density at radius 1 is 0.654 bits per heavy atom. The summed E-state index contributed by atoms with van der Waals surface area (Å²) in [5.41, 5.74) is 12.4. The summed E-state index contributed by atoms with van der Waals surface area (Å²) in [7, 11) is 0. The minimum absolute atomic E-state index is 0. The Morgan fingerprint density at radius 3 is 1.15 bits per heavy atom. The van der Waals surface area contributed by atoms with E-state index < -0.39 is 24.3 Å². The van der Waals surface area contributed by atoms with Gasteiger partial charge in [-0.25, -0.2) is 0 Å². The van der Waals surface area contributed by atoms with Gasteiger partial charge in [0, 0.05) is 0 Å². The summed E-state index contributed by atoms with van der Waals surface area (Å²) in [4.78, 5) is 0. The van der Waals surface area contributed by atoms with Crippen LogP contribution in [0.15, 0.2) is 60.7 Å². The van der Waals surface area contributed by atoms with Gasteiger partial charge in [-0.2, -0.15) is 0 Å². The minimum Gasteiger partial charge on any atom is -0.457 e. The van der Waals surface area contributed by atoms with Crippen LogP contribution in [-0.2, 0) is 22.5 Å². The van der Waals surface area contributed by atoms with Crippen LogP contribution in [0.3, 0.4) is 0 Å². The fourth-order valence-corrected chi connectivity index (χ4v) is 1.99. The Hall–Kier alpha value is -1.32. The van der Waals surface area contributed by atoms with Crippen LogP contribution in [-0.4, -0.2) is 45.7 Å². The van der Waals surface area contributed by atoms with E-state index in [1.165, 1.54) is 0 Å². The molecule has 2 aromatic rings. The molecule has 0 spiro atoms. The molecule has 7 nitrogen and oxygen atoms in total. The summed E-state index contributed by atoms with van der Waals surface area (Å²) < 4.78 is 0. The fourth-order valence-electron chi connectivity index (χ4n) is 1.99. The molecule has 0 bridgehead atoms. The molecule has 11 N–H and O–H groups in total. The van der Waals surface area contributed by atoms with Gasteiger partial charge in [0.25, 0.3) is 0 Å². The third-order valence-electron chi connectivity index (χ3n) is 3.51. The normalized spacial score (nSPS) is 14.4. The number of aliphatic hydroxyl groups is 4. The van der Waals surface area contributed by atoms with Gasteiger partial charge in [-0.05, 0) is 11.1 Å². The van der Waals surface area contributed by atoms with E-state index in [2.05, 4.69) is 0 Å². The molecule has 0 saturated carbocycles. The number of aliphatic hydroxyl groups excluding tert-OH is 4. The van der Waals surface area contributed by atoms with Crippen molar-refractivity contribution >= 4 is 0 Å². The first kappa shape index (κ1) is 26.9. The average Bonchev–Trinajstić information content (AvgIpc) is 2.67. The molecule has 4 unspecified atom stereocenters. The van der Waals surface area contributed by atoms with E-state index in [0.717, 1.165) is 11.1 Å². The maximum absolute atomic E-state index is 9.50. The summed E-state index contributed by atoms with van der Waals surface area (Å²) in [5.74, 6) is 0. The van der Waals surface area contributed by atoms with Crippen molar-refractivity contribution in [3.8, 4) is 0 Å². The fraction of sp³-hybridized carbons (Fsp3) is 0.333. The third-order valence-corrected chi connectivity index (χ3v) is 3.51. The predicted octanol–water partition coefficient (Wildman–Crippen LogP) is -0.845. The molecule has 0 fully saturated rings. The molecule has 0 aliphatic carbocycles. The van der Waals surface area contributed by atoms with Crippen LogP contribution in [0.1, 0.15) is 23.3 Å². The van der Waals surface area contributed by atoms with Crippen molar-refractivity contribution in [2.45, 2.75) is 24.3 Å². The standard InChI is InChI=1S/2C9H13NO2.Cu.H2O/c2*10-8(6-11)9(12)7-4-2-1-3-5-7;;/h2*1-5,8-9,11-12H,6,10H2;;1H2/q;;+2;/p+1. The molecule has 0 amide bonds. The third kappa shape index (κ3) is 8.86. The zero-order valence-electron chi connectivity index (χ0n) is 14.3. The van der Waals surface area contributed by atoms with Crippen molar-refractivity contribution in [3.63, 3.8) is 0 Å². The molecule has 0 aromatic heterocycles. The summed E-state index contributed by atoms with van der Waals surface area (Å²) in [5, 5.41) is 36.4. The van der Waals surface area contributed by atoms with E-state index >= 15 is 0 Å². The second-order valence-corrected chi connectivity index (χ2v) is 5.40.